The first-order valence-electron chi connectivity index (χ1n) is 9.00. The Morgan fingerprint density at radius 3 is 2.65 bits per heavy atom. The van der Waals surface area contributed by atoms with Gasteiger partial charge in [-0.15, -0.1) is 0 Å². The number of aromatic nitrogens is 1. The Kier molecular flexibility index (Phi) is 5.16. The molecular weight excluding hydrogens is 330 g/mol. The normalized spacial score (nSPS) is 26.7. The summed E-state index contributed by atoms with van der Waals surface area (Å²) in [6.07, 6.45) is 0.574. The molecule has 1 aliphatic heterocycles. The number of carbonyl (C=O) groups excluding carboxylic acids is 1. The molecule has 1 fully saturated rings. The number of hydrogen-bond acceptors (Lipinski definition) is 5. The highest BCUT2D eigenvalue weighted by molar-refractivity contribution is 5.73. The molecule has 2 heterocycles. The summed E-state index contributed by atoms with van der Waals surface area (Å²) >= 11 is 0. The van der Waals surface area contributed by atoms with Crippen molar-refractivity contribution in [3.63, 3.8) is 0 Å². The van der Waals surface area contributed by atoms with Gasteiger partial charge in [0, 0.05) is 25.6 Å². The zero-order valence-electron chi connectivity index (χ0n) is 15.8. The van der Waals surface area contributed by atoms with E-state index >= 15 is 0 Å². The number of aliphatic hydroxyl groups is 1. The van der Waals surface area contributed by atoms with Gasteiger partial charge in [-0.05, 0) is 32.8 Å². The topological polar surface area (TPSA) is 78.6 Å². The van der Waals surface area contributed by atoms with Gasteiger partial charge in [0.2, 0.25) is 5.91 Å². The minimum Gasteiger partial charge on any atom is -0.388 e. The number of amides is 1. The molecule has 0 bridgehead atoms. The van der Waals surface area contributed by atoms with E-state index in [-0.39, 0.29) is 11.9 Å². The molecule has 3 rings (SSSR count). The number of aryl methyl sites for hydroxylation is 2. The molecule has 2 aromatic rings. The molecule has 2 N–H and O–H groups in total. The first kappa shape index (κ1) is 18.6. The Labute approximate surface area is 154 Å². The van der Waals surface area contributed by atoms with Gasteiger partial charge in [0.15, 0.2) is 0 Å². The summed E-state index contributed by atoms with van der Waals surface area (Å²) in [5.74, 6) is 0.665. The minimum absolute atomic E-state index is 0.141. The predicted molar refractivity (Wildman–Crippen MR) is 98.4 cm³/mol. The van der Waals surface area contributed by atoms with Crippen LogP contribution in [0, 0.1) is 13.8 Å². The lowest BCUT2D eigenvalue weighted by Gasteiger charge is -2.49. The van der Waals surface area contributed by atoms with Crippen molar-refractivity contribution < 1.29 is 14.4 Å². The molecule has 0 aliphatic carbocycles. The van der Waals surface area contributed by atoms with Crippen LogP contribution in [-0.2, 0) is 11.3 Å². The van der Waals surface area contributed by atoms with Crippen molar-refractivity contribution in [3.05, 3.63) is 52.9 Å². The van der Waals surface area contributed by atoms with Gasteiger partial charge in [0.25, 0.3) is 0 Å². The van der Waals surface area contributed by atoms with Crippen molar-refractivity contribution in [3.8, 4) is 0 Å². The maximum absolute atomic E-state index is 11.8. The number of rotatable bonds is 4. The van der Waals surface area contributed by atoms with Crippen LogP contribution < -0.4 is 5.32 Å². The maximum atomic E-state index is 11.8. The van der Waals surface area contributed by atoms with E-state index in [1.807, 2.05) is 44.2 Å². The summed E-state index contributed by atoms with van der Waals surface area (Å²) in [5, 5.41) is 18.0. The molecule has 0 saturated carbocycles. The number of likely N-dealkylation sites (tertiary alicyclic amines) is 1. The summed E-state index contributed by atoms with van der Waals surface area (Å²) in [5.41, 5.74) is 2.02. The number of hydrogen-bond donors (Lipinski definition) is 2. The van der Waals surface area contributed by atoms with Crippen LogP contribution in [0.3, 0.4) is 0 Å². The second-order valence-electron chi connectivity index (χ2n) is 7.41. The standard InChI is InChI=1S/C20H27N3O3/c1-13-17(14(2)26-22-13)12-23-11-10-20(4,25)19(21-15(3)24)18(23)16-8-6-5-7-9-16/h5-9,18-19,25H,10-12H2,1-4H3,(H,21,24)/t18-,19-,20+/m0/s1. The number of piperidine rings is 1. The van der Waals surface area contributed by atoms with Crippen molar-refractivity contribution >= 4 is 5.91 Å². The van der Waals surface area contributed by atoms with Gasteiger partial charge in [-0.3, -0.25) is 9.69 Å². The molecule has 1 amide bonds. The van der Waals surface area contributed by atoms with Crippen molar-refractivity contribution in [2.45, 2.75) is 58.3 Å². The Bertz CT molecular complexity index is 750. The van der Waals surface area contributed by atoms with Gasteiger partial charge in [0.05, 0.1) is 23.4 Å². The zero-order chi connectivity index (χ0) is 18.9. The Balaban J connectivity index is 2.00. The van der Waals surface area contributed by atoms with E-state index in [0.717, 1.165) is 22.6 Å². The first-order chi connectivity index (χ1) is 12.3. The second-order valence-corrected chi connectivity index (χ2v) is 7.41. The lowest BCUT2D eigenvalue weighted by atomic mass is 9.79. The van der Waals surface area contributed by atoms with Crippen LogP contribution in [0.1, 0.15) is 48.9 Å². The average molecular weight is 357 g/mol. The summed E-state index contributed by atoms with van der Waals surface area (Å²) in [6, 6.07) is 9.47. The summed E-state index contributed by atoms with van der Waals surface area (Å²) in [7, 11) is 0. The predicted octanol–water partition coefficient (Wildman–Crippen LogP) is 2.49. The quantitative estimate of drug-likeness (QED) is 0.879. The smallest absolute Gasteiger partial charge is 0.217 e. The highest BCUT2D eigenvalue weighted by Gasteiger charge is 2.46. The zero-order valence-corrected chi connectivity index (χ0v) is 15.8. The van der Waals surface area contributed by atoms with Crippen molar-refractivity contribution in [2.75, 3.05) is 6.54 Å². The Hall–Kier alpha value is -2.18. The molecule has 1 aliphatic rings. The van der Waals surface area contributed by atoms with E-state index in [9.17, 15) is 9.90 Å². The first-order valence-corrected chi connectivity index (χ1v) is 9.00. The van der Waals surface area contributed by atoms with Gasteiger partial charge in [-0.2, -0.15) is 0 Å². The summed E-state index contributed by atoms with van der Waals surface area (Å²) < 4.78 is 5.31. The molecule has 6 nitrogen and oxygen atoms in total. The fraction of sp³-hybridized carbons (Fsp3) is 0.500. The summed E-state index contributed by atoms with van der Waals surface area (Å²) in [6.45, 7) is 8.52. The molecule has 3 atom stereocenters. The molecule has 26 heavy (non-hydrogen) atoms. The second kappa shape index (κ2) is 7.21. The van der Waals surface area contributed by atoms with Crippen LogP contribution in [0.5, 0.6) is 0 Å². The average Bonchev–Trinajstić information content (AvgIpc) is 2.90. The Morgan fingerprint density at radius 2 is 2.08 bits per heavy atom. The van der Waals surface area contributed by atoms with Gasteiger partial charge in [0.1, 0.15) is 5.76 Å². The van der Waals surface area contributed by atoms with Crippen molar-refractivity contribution in [1.29, 1.82) is 0 Å². The maximum Gasteiger partial charge on any atom is 0.217 e. The van der Waals surface area contributed by atoms with E-state index in [1.165, 1.54) is 6.92 Å². The third-order valence-electron chi connectivity index (χ3n) is 5.33. The molecule has 0 unspecified atom stereocenters. The van der Waals surface area contributed by atoms with Crippen LogP contribution >= 0.6 is 0 Å². The van der Waals surface area contributed by atoms with Crippen LogP contribution in [0.4, 0.5) is 0 Å². The number of benzene rings is 1. The molecule has 1 aromatic carbocycles. The minimum atomic E-state index is -0.985. The van der Waals surface area contributed by atoms with Gasteiger partial charge in [-0.25, -0.2) is 0 Å². The van der Waals surface area contributed by atoms with Crippen LogP contribution in [-0.4, -0.2) is 39.3 Å². The lowest BCUT2D eigenvalue weighted by molar-refractivity contribution is -0.126. The number of carbonyl (C=O) groups is 1. The highest BCUT2D eigenvalue weighted by atomic mass is 16.5. The molecule has 0 radical (unpaired) electrons. The lowest BCUT2D eigenvalue weighted by Crippen LogP contribution is -2.62. The molecule has 140 valence electrons. The van der Waals surface area contributed by atoms with Gasteiger partial charge < -0.3 is 14.9 Å². The van der Waals surface area contributed by atoms with Crippen molar-refractivity contribution in [1.82, 2.24) is 15.4 Å². The van der Waals surface area contributed by atoms with Crippen LogP contribution in [0.2, 0.25) is 0 Å². The molecule has 0 spiro atoms. The van der Waals surface area contributed by atoms with Crippen molar-refractivity contribution in [2.24, 2.45) is 0 Å². The van der Waals surface area contributed by atoms with Gasteiger partial charge in [-0.1, -0.05) is 35.5 Å². The fourth-order valence-corrected chi connectivity index (χ4v) is 3.83. The van der Waals surface area contributed by atoms with E-state index in [1.54, 1.807) is 6.92 Å². The third-order valence-corrected chi connectivity index (χ3v) is 5.33. The molecule has 1 saturated heterocycles. The third kappa shape index (κ3) is 3.66. The van der Waals surface area contributed by atoms with Gasteiger partial charge >= 0.3 is 0 Å². The number of nitrogens with one attached hydrogen (secondary N) is 1. The van der Waals surface area contributed by atoms with Crippen LogP contribution in [0.25, 0.3) is 0 Å². The van der Waals surface area contributed by atoms with E-state index in [0.29, 0.717) is 19.5 Å². The molecular formula is C20H27N3O3. The van der Waals surface area contributed by atoms with E-state index in [4.69, 9.17) is 4.52 Å². The highest BCUT2D eigenvalue weighted by Crippen LogP contribution is 2.38. The Morgan fingerprint density at radius 1 is 1.38 bits per heavy atom. The largest absolute Gasteiger partial charge is 0.388 e. The summed E-state index contributed by atoms with van der Waals surface area (Å²) in [4.78, 5) is 14.1. The number of nitrogens with zero attached hydrogens (tertiary/aromatic N) is 2. The fourth-order valence-electron chi connectivity index (χ4n) is 3.83. The monoisotopic (exact) mass is 357 g/mol. The van der Waals surface area contributed by atoms with Crippen LogP contribution in [0.15, 0.2) is 34.9 Å². The van der Waals surface area contributed by atoms with E-state index < -0.39 is 11.6 Å². The molecule has 6 heteroatoms. The molecule has 1 aromatic heterocycles. The SMILES string of the molecule is CC(=O)N[C@H]1[C@H](c2ccccc2)N(Cc2c(C)noc2C)CC[C@@]1(C)O. The van der Waals surface area contributed by atoms with E-state index in [2.05, 4.69) is 15.4 Å².